The Morgan fingerprint density at radius 1 is 1.28 bits per heavy atom. The van der Waals surface area contributed by atoms with Gasteiger partial charge in [0.25, 0.3) is 0 Å². The van der Waals surface area contributed by atoms with E-state index in [2.05, 4.69) is 15.4 Å². The molecule has 1 saturated heterocycles. The van der Waals surface area contributed by atoms with Crippen molar-refractivity contribution in [3.05, 3.63) is 29.3 Å². The first kappa shape index (κ1) is 23.1. The maximum atomic E-state index is 12.8. The lowest BCUT2D eigenvalue weighted by Gasteiger charge is -2.31. The third-order valence-electron chi connectivity index (χ3n) is 4.59. The molecule has 1 heterocycles. The second-order valence-corrected chi connectivity index (χ2v) is 9.05. The van der Waals surface area contributed by atoms with Gasteiger partial charge in [0, 0.05) is 18.1 Å². The maximum absolute atomic E-state index is 12.8. The third kappa shape index (κ3) is 6.15. The van der Waals surface area contributed by atoms with Crippen LogP contribution in [0.2, 0.25) is 5.02 Å². The van der Waals surface area contributed by atoms with Gasteiger partial charge >= 0.3 is 5.97 Å². The van der Waals surface area contributed by atoms with Crippen molar-refractivity contribution in [3.63, 3.8) is 0 Å². The van der Waals surface area contributed by atoms with Crippen molar-refractivity contribution in [2.45, 2.75) is 30.7 Å². The molecule has 2 rings (SSSR count). The van der Waals surface area contributed by atoms with Gasteiger partial charge in [-0.3, -0.25) is 14.4 Å². The Hall–Kier alpha value is -2.17. The van der Waals surface area contributed by atoms with Crippen LogP contribution in [0.1, 0.15) is 19.8 Å². The number of hydrogen-bond donors (Lipinski definition) is 2. The zero-order valence-corrected chi connectivity index (χ0v) is 17.8. The van der Waals surface area contributed by atoms with E-state index >= 15 is 0 Å². The topological polar surface area (TPSA) is 122 Å². The number of amides is 2. The molecule has 0 aromatic heterocycles. The average molecular weight is 446 g/mol. The Morgan fingerprint density at radius 2 is 1.93 bits per heavy atom. The molecule has 0 unspecified atom stereocenters. The van der Waals surface area contributed by atoms with Gasteiger partial charge in [-0.15, -0.1) is 0 Å². The highest BCUT2D eigenvalue weighted by Crippen LogP contribution is 2.25. The molecule has 0 aliphatic carbocycles. The van der Waals surface area contributed by atoms with E-state index < -0.39 is 39.8 Å². The van der Waals surface area contributed by atoms with Crippen molar-refractivity contribution in [2.75, 3.05) is 26.7 Å². The minimum Gasteiger partial charge on any atom is -0.468 e. The Balaban J connectivity index is 1.97. The monoisotopic (exact) mass is 445 g/mol. The summed E-state index contributed by atoms with van der Waals surface area (Å²) in [7, 11) is -2.55. The van der Waals surface area contributed by atoms with Gasteiger partial charge in [0.1, 0.15) is 12.6 Å². The number of ether oxygens (including phenoxy) is 1. The summed E-state index contributed by atoms with van der Waals surface area (Å²) in [6.45, 7) is 1.51. The number of hydrogen-bond acceptors (Lipinski definition) is 6. The molecule has 0 spiro atoms. The number of piperidine rings is 1. The Labute approximate surface area is 174 Å². The molecule has 160 valence electrons. The number of benzene rings is 1. The van der Waals surface area contributed by atoms with Gasteiger partial charge in [-0.05, 0) is 44.0 Å². The number of halogens is 1. The summed E-state index contributed by atoms with van der Waals surface area (Å²) in [4.78, 5) is 35.7. The smallest absolute Gasteiger partial charge is 0.325 e. The zero-order valence-electron chi connectivity index (χ0n) is 16.2. The predicted octanol–water partition coefficient (Wildman–Crippen LogP) is 0.535. The second kappa shape index (κ2) is 10.0. The van der Waals surface area contributed by atoms with Crippen molar-refractivity contribution in [1.82, 2.24) is 14.9 Å². The summed E-state index contributed by atoms with van der Waals surface area (Å²) in [6.07, 6.45) is 1.03. The van der Waals surface area contributed by atoms with Crippen LogP contribution in [0.15, 0.2) is 29.2 Å². The van der Waals surface area contributed by atoms with E-state index in [1.54, 1.807) is 0 Å². The quantitative estimate of drug-likeness (QED) is 0.590. The summed E-state index contributed by atoms with van der Waals surface area (Å²) < 4.78 is 31.3. The van der Waals surface area contributed by atoms with Crippen molar-refractivity contribution in [3.8, 4) is 0 Å². The van der Waals surface area contributed by atoms with Crippen LogP contribution in [0.3, 0.4) is 0 Å². The first-order valence-corrected chi connectivity index (χ1v) is 10.9. The standard InChI is InChI=1S/C18H24ClN3O6S/c1-12(17(24)20-10-16(23)28-2)21-18(25)13-4-3-9-22(11-13)29(26,27)15-7-5-14(19)6-8-15/h5-8,12-13H,3-4,9-11H2,1-2H3,(H,20,24)(H,21,25)/t12-,13+/m0/s1. The predicted molar refractivity (Wildman–Crippen MR) is 106 cm³/mol. The van der Waals surface area contributed by atoms with Crippen LogP contribution in [-0.4, -0.2) is 63.3 Å². The lowest BCUT2D eigenvalue weighted by molar-refractivity contribution is -0.141. The summed E-state index contributed by atoms with van der Waals surface area (Å²) in [5.74, 6) is -2.14. The van der Waals surface area contributed by atoms with Crippen LogP contribution in [-0.2, 0) is 29.1 Å². The Kier molecular flexibility index (Phi) is 8.00. The van der Waals surface area contributed by atoms with Gasteiger partial charge in [0.15, 0.2) is 0 Å². The lowest BCUT2D eigenvalue weighted by atomic mass is 9.98. The molecule has 0 radical (unpaired) electrons. The number of methoxy groups -OCH3 is 1. The minimum atomic E-state index is -3.75. The Morgan fingerprint density at radius 3 is 2.55 bits per heavy atom. The third-order valence-corrected chi connectivity index (χ3v) is 6.72. The highest BCUT2D eigenvalue weighted by atomic mass is 35.5. The van der Waals surface area contributed by atoms with Gasteiger partial charge < -0.3 is 15.4 Å². The fraction of sp³-hybridized carbons (Fsp3) is 0.500. The molecule has 0 saturated carbocycles. The fourth-order valence-corrected chi connectivity index (χ4v) is 4.56. The molecular formula is C18H24ClN3O6S. The van der Waals surface area contributed by atoms with Crippen LogP contribution >= 0.6 is 11.6 Å². The van der Waals surface area contributed by atoms with Gasteiger partial charge in [-0.2, -0.15) is 4.31 Å². The molecule has 9 nitrogen and oxygen atoms in total. The molecule has 1 fully saturated rings. The molecule has 0 bridgehead atoms. The van der Waals surface area contributed by atoms with Gasteiger partial charge in [0.2, 0.25) is 21.8 Å². The number of sulfonamides is 1. The number of nitrogens with zero attached hydrogens (tertiary/aromatic N) is 1. The first-order chi connectivity index (χ1) is 13.6. The number of esters is 1. The van der Waals surface area contributed by atoms with E-state index in [9.17, 15) is 22.8 Å². The first-order valence-electron chi connectivity index (χ1n) is 9.05. The molecule has 29 heavy (non-hydrogen) atoms. The number of carbonyl (C=O) groups is 3. The molecule has 1 aromatic rings. The number of nitrogens with one attached hydrogen (secondary N) is 2. The highest BCUT2D eigenvalue weighted by molar-refractivity contribution is 7.89. The molecular weight excluding hydrogens is 422 g/mol. The van der Waals surface area contributed by atoms with Crippen LogP contribution in [0.25, 0.3) is 0 Å². The van der Waals surface area contributed by atoms with Gasteiger partial charge in [-0.1, -0.05) is 11.6 Å². The van der Waals surface area contributed by atoms with E-state index in [1.807, 2.05) is 0 Å². The van der Waals surface area contributed by atoms with E-state index in [0.717, 1.165) is 0 Å². The molecule has 2 N–H and O–H groups in total. The van der Waals surface area contributed by atoms with E-state index in [-0.39, 0.29) is 18.0 Å². The SMILES string of the molecule is COC(=O)CNC(=O)[C@H](C)NC(=O)[C@@H]1CCCN(S(=O)(=O)c2ccc(Cl)cc2)C1. The van der Waals surface area contributed by atoms with E-state index in [1.165, 1.54) is 42.6 Å². The molecule has 1 aromatic carbocycles. The van der Waals surface area contributed by atoms with E-state index in [4.69, 9.17) is 11.6 Å². The summed E-state index contributed by atoms with van der Waals surface area (Å²) in [6, 6.07) is 4.97. The molecule has 2 atom stereocenters. The van der Waals surface area contributed by atoms with Crippen LogP contribution in [0.5, 0.6) is 0 Å². The Bertz CT molecular complexity index is 859. The van der Waals surface area contributed by atoms with Gasteiger partial charge in [-0.25, -0.2) is 8.42 Å². The molecule has 11 heteroatoms. The van der Waals surface area contributed by atoms with Crippen molar-refractivity contribution >= 4 is 39.4 Å². The fourth-order valence-electron chi connectivity index (χ4n) is 2.91. The number of rotatable bonds is 7. The lowest BCUT2D eigenvalue weighted by Crippen LogP contribution is -2.51. The van der Waals surface area contributed by atoms with Crippen LogP contribution in [0, 0.1) is 5.92 Å². The largest absolute Gasteiger partial charge is 0.468 e. The van der Waals surface area contributed by atoms with Crippen molar-refractivity contribution in [2.24, 2.45) is 5.92 Å². The summed E-state index contributed by atoms with van der Waals surface area (Å²) in [5.41, 5.74) is 0. The molecule has 1 aliphatic heterocycles. The zero-order chi connectivity index (χ0) is 21.6. The average Bonchev–Trinajstić information content (AvgIpc) is 2.71. The minimum absolute atomic E-state index is 0.0211. The van der Waals surface area contributed by atoms with Crippen LogP contribution in [0.4, 0.5) is 0 Å². The highest BCUT2D eigenvalue weighted by Gasteiger charge is 2.34. The summed E-state index contributed by atoms with van der Waals surface area (Å²) in [5, 5.41) is 5.35. The van der Waals surface area contributed by atoms with Crippen molar-refractivity contribution in [1.29, 1.82) is 0 Å². The van der Waals surface area contributed by atoms with Crippen molar-refractivity contribution < 1.29 is 27.5 Å². The van der Waals surface area contributed by atoms with Gasteiger partial charge in [0.05, 0.1) is 17.9 Å². The number of carbonyl (C=O) groups excluding carboxylic acids is 3. The molecule has 1 aliphatic rings. The summed E-state index contributed by atoms with van der Waals surface area (Å²) >= 11 is 5.81. The second-order valence-electron chi connectivity index (χ2n) is 6.68. The molecule has 2 amide bonds. The maximum Gasteiger partial charge on any atom is 0.325 e. The van der Waals surface area contributed by atoms with Crippen LogP contribution < -0.4 is 10.6 Å². The normalized spacial score (nSPS) is 18.5. The van der Waals surface area contributed by atoms with E-state index in [0.29, 0.717) is 24.4 Å².